The largest absolute Gasteiger partial charge is 0.340 e. The number of carbonyl (C=O) groups is 1. The molecule has 2 aliphatic heterocycles. The van der Waals surface area contributed by atoms with Gasteiger partial charge in [0.15, 0.2) is 0 Å². The third-order valence-corrected chi connectivity index (χ3v) is 8.02. The minimum absolute atomic E-state index is 0. The number of carbonyl (C=O) groups excluding carboxylic acids is 1. The SMILES string of the molecule is CN(C1CCCCC1)S(=O)(=O)N1CCN(C(=O)C2CCCNC2)CC1.Cl. The Balaban J connectivity index is 0.00000243. The minimum atomic E-state index is -3.42. The van der Waals surface area contributed by atoms with Crippen LogP contribution in [-0.4, -0.2) is 80.2 Å². The molecule has 26 heavy (non-hydrogen) atoms. The Morgan fingerprint density at radius 3 is 2.23 bits per heavy atom. The molecule has 1 amide bonds. The average molecular weight is 409 g/mol. The van der Waals surface area contributed by atoms with Crippen LogP contribution >= 0.6 is 12.4 Å². The van der Waals surface area contributed by atoms with E-state index in [4.69, 9.17) is 0 Å². The van der Waals surface area contributed by atoms with E-state index in [2.05, 4.69) is 5.32 Å². The summed E-state index contributed by atoms with van der Waals surface area (Å²) in [6.07, 6.45) is 7.34. The third kappa shape index (κ3) is 4.90. The standard InChI is InChI=1S/C17H32N4O3S.ClH/c1-19(16-7-3-2-4-8-16)25(23,24)21-12-10-20(11-13-21)17(22)15-6-5-9-18-14-15;/h15-16,18H,2-14H2,1H3;1H. The smallest absolute Gasteiger partial charge is 0.282 e. The van der Waals surface area contributed by atoms with Crippen LogP contribution in [0.25, 0.3) is 0 Å². The first-order chi connectivity index (χ1) is 12.0. The number of nitrogens with zero attached hydrogens (tertiary/aromatic N) is 3. The van der Waals surface area contributed by atoms with Gasteiger partial charge >= 0.3 is 0 Å². The van der Waals surface area contributed by atoms with Crippen LogP contribution in [-0.2, 0) is 15.0 Å². The molecule has 1 atom stereocenters. The summed E-state index contributed by atoms with van der Waals surface area (Å²) in [4.78, 5) is 14.4. The van der Waals surface area contributed by atoms with Gasteiger partial charge in [-0.15, -0.1) is 12.4 Å². The highest BCUT2D eigenvalue weighted by molar-refractivity contribution is 7.86. The first kappa shape index (κ1) is 21.9. The zero-order valence-corrected chi connectivity index (χ0v) is 17.4. The van der Waals surface area contributed by atoms with Crippen LogP contribution < -0.4 is 5.32 Å². The normalized spacial score (nSPS) is 26.5. The van der Waals surface area contributed by atoms with Crippen LogP contribution in [0.3, 0.4) is 0 Å². The van der Waals surface area contributed by atoms with Crippen LogP contribution in [0.4, 0.5) is 0 Å². The van der Waals surface area contributed by atoms with Gasteiger partial charge in [0.2, 0.25) is 5.91 Å². The Morgan fingerprint density at radius 2 is 1.65 bits per heavy atom. The summed E-state index contributed by atoms with van der Waals surface area (Å²) in [6.45, 7) is 3.57. The number of nitrogens with one attached hydrogen (secondary N) is 1. The molecular formula is C17H33ClN4O3S. The molecule has 1 saturated carbocycles. The molecule has 152 valence electrons. The molecule has 1 N–H and O–H groups in total. The van der Waals surface area contributed by atoms with Gasteiger partial charge in [0.1, 0.15) is 0 Å². The van der Waals surface area contributed by atoms with Crippen LogP contribution in [0.2, 0.25) is 0 Å². The van der Waals surface area contributed by atoms with Crippen molar-refractivity contribution in [3.8, 4) is 0 Å². The summed E-state index contributed by atoms with van der Waals surface area (Å²) in [5.41, 5.74) is 0. The highest BCUT2D eigenvalue weighted by Gasteiger charge is 2.36. The lowest BCUT2D eigenvalue weighted by Crippen LogP contribution is -2.56. The molecule has 1 aliphatic carbocycles. The topological polar surface area (TPSA) is 73.0 Å². The maximum atomic E-state index is 12.9. The monoisotopic (exact) mass is 408 g/mol. The Hall–Kier alpha value is -0.410. The van der Waals surface area contributed by atoms with E-state index in [0.29, 0.717) is 26.2 Å². The van der Waals surface area contributed by atoms with Crippen LogP contribution in [0, 0.1) is 5.92 Å². The maximum Gasteiger partial charge on any atom is 0.282 e. The van der Waals surface area contributed by atoms with E-state index in [0.717, 1.165) is 51.6 Å². The Bertz CT molecular complexity index is 554. The molecule has 3 fully saturated rings. The average Bonchev–Trinajstić information content (AvgIpc) is 2.68. The zero-order valence-electron chi connectivity index (χ0n) is 15.7. The molecule has 0 radical (unpaired) electrons. The number of rotatable bonds is 4. The van der Waals surface area contributed by atoms with E-state index < -0.39 is 10.2 Å². The van der Waals surface area contributed by atoms with Gasteiger partial charge in [-0.1, -0.05) is 19.3 Å². The van der Waals surface area contributed by atoms with Crippen molar-refractivity contribution in [1.29, 1.82) is 0 Å². The van der Waals surface area contributed by atoms with Gasteiger partial charge in [0.25, 0.3) is 10.2 Å². The number of amides is 1. The van der Waals surface area contributed by atoms with E-state index >= 15 is 0 Å². The summed E-state index contributed by atoms with van der Waals surface area (Å²) in [7, 11) is -1.70. The summed E-state index contributed by atoms with van der Waals surface area (Å²) in [6, 6.07) is 0.131. The predicted molar refractivity (Wildman–Crippen MR) is 105 cm³/mol. The van der Waals surface area contributed by atoms with Gasteiger partial charge in [0.05, 0.1) is 5.92 Å². The Morgan fingerprint density at radius 1 is 1.00 bits per heavy atom. The molecule has 0 aromatic rings. The number of piperazine rings is 1. The molecule has 2 saturated heterocycles. The van der Waals surface area contributed by atoms with Gasteiger partial charge in [-0.05, 0) is 32.2 Å². The Kier molecular flexibility index (Phi) is 8.15. The number of halogens is 1. The molecular weight excluding hydrogens is 376 g/mol. The first-order valence-corrected chi connectivity index (χ1v) is 11.1. The first-order valence-electron chi connectivity index (χ1n) is 9.73. The van der Waals surface area contributed by atoms with E-state index in [1.807, 2.05) is 4.90 Å². The molecule has 0 aromatic carbocycles. The zero-order chi connectivity index (χ0) is 17.9. The molecule has 3 rings (SSSR count). The van der Waals surface area contributed by atoms with E-state index in [1.165, 1.54) is 6.42 Å². The second-order valence-corrected chi connectivity index (χ2v) is 9.57. The van der Waals surface area contributed by atoms with Crippen molar-refractivity contribution in [2.75, 3.05) is 46.3 Å². The van der Waals surface area contributed by atoms with Crippen LogP contribution in [0.15, 0.2) is 0 Å². The second-order valence-electron chi connectivity index (χ2n) is 7.58. The summed E-state index contributed by atoms with van der Waals surface area (Å²) < 4.78 is 28.9. The highest BCUT2D eigenvalue weighted by Crippen LogP contribution is 2.25. The maximum absolute atomic E-state index is 12.9. The molecule has 0 aromatic heterocycles. The molecule has 0 spiro atoms. The van der Waals surface area contributed by atoms with Gasteiger partial charge in [0, 0.05) is 45.8 Å². The lowest BCUT2D eigenvalue weighted by molar-refractivity contribution is -0.137. The second kappa shape index (κ2) is 9.68. The van der Waals surface area contributed by atoms with Crippen molar-refractivity contribution in [3.05, 3.63) is 0 Å². The fraction of sp³-hybridized carbons (Fsp3) is 0.941. The van der Waals surface area contributed by atoms with Crippen molar-refractivity contribution in [2.45, 2.75) is 51.0 Å². The van der Waals surface area contributed by atoms with E-state index in [1.54, 1.807) is 15.7 Å². The van der Waals surface area contributed by atoms with Gasteiger partial charge in [-0.25, -0.2) is 0 Å². The molecule has 9 heteroatoms. The van der Waals surface area contributed by atoms with E-state index in [9.17, 15) is 13.2 Å². The summed E-state index contributed by atoms with van der Waals surface area (Å²) >= 11 is 0. The van der Waals surface area contributed by atoms with Crippen LogP contribution in [0.5, 0.6) is 0 Å². The number of hydrogen-bond donors (Lipinski definition) is 1. The lowest BCUT2D eigenvalue weighted by atomic mass is 9.96. The van der Waals surface area contributed by atoms with Crippen molar-refractivity contribution in [3.63, 3.8) is 0 Å². The van der Waals surface area contributed by atoms with Crippen molar-refractivity contribution in [2.24, 2.45) is 5.92 Å². The molecule has 2 heterocycles. The fourth-order valence-electron chi connectivity index (χ4n) is 4.28. The van der Waals surface area contributed by atoms with Gasteiger partial charge in [-0.2, -0.15) is 17.0 Å². The van der Waals surface area contributed by atoms with Crippen molar-refractivity contribution >= 4 is 28.5 Å². The van der Waals surface area contributed by atoms with Crippen molar-refractivity contribution < 1.29 is 13.2 Å². The van der Waals surface area contributed by atoms with Crippen molar-refractivity contribution in [1.82, 2.24) is 18.8 Å². The fourth-order valence-corrected chi connectivity index (χ4v) is 5.85. The van der Waals surface area contributed by atoms with E-state index in [-0.39, 0.29) is 30.3 Å². The summed E-state index contributed by atoms with van der Waals surface area (Å²) in [5, 5.41) is 3.28. The van der Waals surface area contributed by atoms with Gasteiger partial charge in [-0.3, -0.25) is 4.79 Å². The molecule has 3 aliphatic rings. The number of piperidine rings is 1. The third-order valence-electron chi connectivity index (χ3n) is 5.98. The van der Waals surface area contributed by atoms with Crippen LogP contribution in [0.1, 0.15) is 44.9 Å². The molecule has 0 bridgehead atoms. The minimum Gasteiger partial charge on any atom is -0.340 e. The lowest BCUT2D eigenvalue weighted by Gasteiger charge is -2.39. The Labute approximate surface area is 164 Å². The summed E-state index contributed by atoms with van der Waals surface area (Å²) in [5.74, 6) is 0.242. The quantitative estimate of drug-likeness (QED) is 0.754. The predicted octanol–water partition coefficient (Wildman–Crippen LogP) is 1.06. The van der Waals surface area contributed by atoms with Gasteiger partial charge < -0.3 is 10.2 Å². The highest BCUT2D eigenvalue weighted by atomic mass is 35.5. The number of hydrogen-bond acceptors (Lipinski definition) is 4. The molecule has 7 nitrogen and oxygen atoms in total. The molecule has 1 unspecified atom stereocenters.